The van der Waals surface area contributed by atoms with Gasteiger partial charge in [0, 0.05) is 11.3 Å². The Balaban J connectivity index is 1.79. The fraction of sp³-hybridized carbons (Fsp3) is 0.381. The van der Waals surface area contributed by atoms with Crippen LogP contribution < -0.4 is 10.1 Å². The number of hydrogen-bond acceptors (Lipinski definition) is 6. The van der Waals surface area contributed by atoms with E-state index in [2.05, 4.69) is 10.3 Å². The first-order chi connectivity index (χ1) is 14.4. The van der Waals surface area contributed by atoms with E-state index in [0.717, 1.165) is 10.5 Å². The van der Waals surface area contributed by atoms with Crippen LogP contribution in [0.15, 0.2) is 40.6 Å². The molecule has 1 unspecified atom stereocenters. The Hall–Kier alpha value is -3.49. The quantitative estimate of drug-likeness (QED) is 0.690. The lowest BCUT2D eigenvalue weighted by atomic mass is 9.94. The Bertz CT molecular complexity index is 962. The molecule has 2 aliphatic rings. The van der Waals surface area contributed by atoms with Crippen molar-refractivity contribution in [3.8, 4) is 5.75 Å². The predicted molar refractivity (Wildman–Crippen MR) is 111 cm³/mol. The number of ether oxygens (including phenoxy) is 2. The molecule has 0 bridgehead atoms. The van der Waals surface area contributed by atoms with Crippen molar-refractivity contribution in [2.24, 2.45) is 10.9 Å². The van der Waals surface area contributed by atoms with Crippen LogP contribution in [0.25, 0.3) is 0 Å². The van der Waals surface area contributed by atoms with Gasteiger partial charge in [0.1, 0.15) is 17.7 Å². The van der Waals surface area contributed by atoms with Crippen molar-refractivity contribution in [3.05, 3.63) is 35.6 Å². The van der Waals surface area contributed by atoms with Crippen molar-refractivity contribution >= 4 is 35.6 Å². The smallest absolute Gasteiger partial charge is 0.446 e. The number of aliphatic imine (C=N–C) groups is 1. The van der Waals surface area contributed by atoms with Gasteiger partial charge in [0.15, 0.2) is 12.5 Å². The van der Waals surface area contributed by atoms with Crippen LogP contribution in [0.4, 0.5) is 10.5 Å². The molecule has 1 aromatic rings. The number of carbonyl (C=O) groups is 3. The van der Waals surface area contributed by atoms with Crippen molar-refractivity contribution in [2.45, 2.75) is 20.3 Å². The zero-order valence-electron chi connectivity index (χ0n) is 17.5. The fourth-order valence-corrected chi connectivity index (χ4v) is 3.42. The summed E-state index contributed by atoms with van der Waals surface area (Å²) in [7, 11) is 3.00. The number of hydrogen-bond donors (Lipinski definition) is 1. The maximum Gasteiger partial charge on any atom is 0.446 e. The Morgan fingerprint density at radius 1 is 1.23 bits per heavy atom. The summed E-state index contributed by atoms with van der Waals surface area (Å²) >= 11 is 0. The zero-order chi connectivity index (χ0) is 21.8. The summed E-state index contributed by atoms with van der Waals surface area (Å²) < 4.78 is 12.1. The highest BCUT2D eigenvalue weighted by atomic mass is 16.5. The lowest BCUT2D eigenvalue weighted by molar-refractivity contribution is -0.408. The summed E-state index contributed by atoms with van der Waals surface area (Å²) in [5.74, 6) is -0.447. The summed E-state index contributed by atoms with van der Waals surface area (Å²) in [5, 5.41) is 2.69. The van der Waals surface area contributed by atoms with E-state index in [4.69, 9.17) is 9.47 Å². The number of urea groups is 1. The van der Waals surface area contributed by atoms with Gasteiger partial charge in [-0.3, -0.25) is 9.59 Å². The molecule has 158 valence electrons. The zero-order valence-corrected chi connectivity index (χ0v) is 17.5. The molecule has 0 radical (unpaired) electrons. The van der Waals surface area contributed by atoms with E-state index in [9.17, 15) is 14.4 Å². The third-order valence-corrected chi connectivity index (χ3v) is 4.92. The summed E-state index contributed by atoms with van der Waals surface area (Å²) in [6.07, 6.45) is 2.23. The molecule has 9 nitrogen and oxygen atoms in total. The Morgan fingerprint density at radius 3 is 2.53 bits per heavy atom. The van der Waals surface area contributed by atoms with Gasteiger partial charge < -0.3 is 14.8 Å². The Kier molecular flexibility index (Phi) is 6.29. The molecule has 1 aromatic carbocycles. The number of methoxy groups -OCH3 is 1. The van der Waals surface area contributed by atoms with E-state index in [-0.39, 0.29) is 0 Å². The Labute approximate surface area is 174 Å². The molecule has 2 aliphatic heterocycles. The molecule has 0 saturated carbocycles. The number of imide groups is 1. The second-order valence-corrected chi connectivity index (χ2v) is 6.77. The van der Waals surface area contributed by atoms with Gasteiger partial charge in [-0.25, -0.2) is 4.79 Å². The largest absolute Gasteiger partial charge is 0.499 e. The Morgan fingerprint density at radius 2 is 1.93 bits per heavy atom. The maximum atomic E-state index is 13.1. The summed E-state index contributed by atoms with van der Waals surface area (Å²) in [5.41, 5.74) is 1.31. The van der Waals surface area contributed by atoms with Crippen LogP contribution >= 0.6 is 0 Å². The molecule has 1 N–H and O–H groups in total. The van der Waals surface area contributed by atoms with Crippen LogP contribution in [0, 0.1) is 5.92 Å². The second-order valence-electron chi connectivity index (χ2n) is 6.77. The number of rotatable bonds is 7. The number of anilines is 1. The molecule has 0 aromatic heterocycles. The van der Waals surface area contributed by atoms with Gasteiger partial charge in [0.05, 0.1) is 20.8 Å². The van der Waals surface area contributed by atoms with E-state index in [1.54, 1.807) is 30.5 Å². The lowest BCUT2D eigenvalue weighted by Gasteiger charge is -2.28. The lowest BCUT2D eigenvalue weighted by Crippen LogP contribution is -2.56. The summed E-state index contributed by atoms with van der Waals surface area (Å²) in [6.45, 7) is 3.93. The first-order valence-electron chi connectivity index (χ1n) is 9.70. The second kappa shape index (κ2) is 8.89. The SMILES string of the molecule is CCOc1ccc(NC(=O)CN2C(=O)C3C(OC)=C(CC)C=NC3=[N+](C)C2=O)cc1. The molecule has 0 saturated heterocycles. The fourth-order valence-electron chi connectivity index (χ4n) is 3.42. The molecule has 2 heterocycles. The molecular formula is C21H25N4O5+. The third-order valence-electron chi connectivity index (χ3n) is 4.92. The van der Waals surface area contributed by atoms with E-state index in [1.807, 2.05) is 13.8 Å². The number of allylic oxidation sites excluding steroid dienone is 1. The van der Waals surface area contributed by atoms with Crippen LogP contribution in [0.2, 0.25) is 0 Å². The predicted octanol–water partition coefficient (Wildman–Crippen LogP) is 2.04. The van der Waals surface area contributed by atoms with Crippen molar-refractivity contribution in [1.82, 2.24) is 4.90 Å². The van der Waals surface area contributed by atoms with Crippen LogP contribution in [-0.2, 0) is 14.3 Å². The molecular weight excluding hydrogens is 388 g/mol. The highest BCUT2D eigenvalue weighted by Gasteiger charge is 2.50. The van der Waals surface area contributed by atoms with Crippen LogP contribution in [0.5, 0.6) is 5.75 Å². The minimum Gasteiger partial charge on any atom is -0.499 e. The minimum absolute atomic E-state index is 0.294. The van der Waals surface area contributed by atoms with E-state index >= 15 is 0 Å². The standard InChI is InChI=1S/C21H24N4O5/c1-5-13-11-22-19-17(18(13)29-4)20(27)25(21(28)24(19)3)12-16(26)23-14-7-9-15(10-8-14)30-6-2/h7-11,17H,5-6,12H2,1-4H3/p+1. The highest BCUT2D eigenvalue weighted by molar-refractivity contribution is 6.17. The van der Waals surface area contributed by atoms with Gasteiger partial charge in [-0.05, 0) is 37.6 Å². The van der Waals surface area contributed by atoms with Gasteiger partial charge in [-0.15, -0.1) is 4.99 Å². The first kappa shape index (κ1) is 21.2. The maximum absolute atomic E-state index is 13.1. The topological polar surface area (TPSA) is 100 Å². The third kappa shape index (κ3) is 3.96. The molecule has 3 rings (SSSR count). The molecule has 1 atom stereocenters. The molecule has 0 fully saturated rings. The minimum atomic E-state index is -0.851. The number of carbonyl (C=O) groups excluding carboxylic acids is 3. The average molecular weight is 413 g/mol. The number of amidine groups is 1. The number of amides is 4. The van der Waals surface area contributed by atoms with Gasteiger partial charge in [-0.2, -0.15) is 9.48 Å². The van der Waals surface area contributed by atoms with Gasteiger partial charge >= 0.3 is 11.9 Å². The number of nitrogens with zero attached hydrogens (tertiary/aromatic N) is 3. The van der Waals surface area contributed by atoms with Crippen LogP contribution in [0.1, 0.15) is 20.3 Å². The van der Waals surface area contributed by atoms with E-state index in [0.29, 0.717) is 36.1 Å². The molecule has 4 amide bonds. The van der Waals surface area contributed by atoms with Crippen molar-refractivity contribution < 1.29 is 28.4 Å². The van der Waals surface area contributed by atoms with Crippen molar-refractivity contribution in [1.29, 1.82) is 0 Å². The number of nitrogens with one attached hydrogen (secondary N) is 1. The monoisotopic (exact) mass is 413 g/mol. The molecule has 9 heteroatoms. The molecule has 0 spiro atoms. The number of fused-ring (bicyclic) bond motifs is 1. The molecule has 0 aliphatic carbocycles. The van der Waals surface area contributed by atoms with Gasteiger partial charge in [-0.1, -0.05) is 6.92 Å². The normalized spacial score (nSPS) is 18.5. The number of benzene rings is 1. The van der Waals surface area contributed by atoms with Gasteiger partial charge in [0.2, 0.25) is 0 Å². The summed E-state index contributed by atoms with van der Waals surface area (Å²) in [6, 6.07) is 6.23. The number of dihydropyridines is 1. The van der Waals surface area contributed by atoms with Gasteiger partial charge in [0.25, 0.3) is 11.7 Å². The molecule has 30 heavy (non-hydrogen) atoms. The van der Waals surface area contributed by atoms with E-state index < -0.39 is 30.3 Å². The summed E-state index contributed by atoms with van der Waals surface area (Å²) in [4.78, 5) is 43.6. The highest BCUT2D eigenvalue weighted by Crippen LogP contribution is 2.28. The first-order valence-corrected chi connectivity index (χ1v) is 9.70. The average Bonchev–Trinajstić information content (AvgIpc) is 2.75. The van der Waals surface area contributed by atoms with E-state index in [1.165, 1.54) is 18.7 Å². The van der Waals surface area contributed by atoms with Crippen LogP contribution in [0.3, 0.4) is 0 Å². The van der Waals surface area contributed by atoms with Crippen molar-refractivity contribution in [3.63, 3.8) is 0 Å². The van der Waals surface area contributed by atoms with Crippen LogP contribution in [-0.4, -0.2) is 66.7 Å². The van der Waals surface area contributed by atoms with Crippen molar-refractivity contribution in [2.75, 3.05) is 32.6 Å².